The van der Waals surface area contributed by atoms with Crippen molar-refractivity contribution in [1.82, 2.24) is 0 Å². The van der Waals surface area contributed by atoms with Crippen LogP contribution in [-0.4, -0.2) is 0 Å². The molecule has 0 amide bonds. The topological polar surface area (TPSA) is 0 Å². The average Bonchev–Trinajstić information content (AvgIpc) is 2.04. The van der Waals surface area contributed by atoms with Crippen LogP contribution < -0.4 is 0 Å². The van der Waals surface area contributed by atoms with Crippen molar-refractivity contribution in [2.75, 3.05) is 0 Å². The van der Waals surface area contributed by atoms with Crippen LogP contribution in [0.25, 0.3) is 0 Å². The molecule has 0 aromatic carbocycles. The largest absolute Gasteiger partial charge is 0.584 e. The zero-order chi connectivity index (χ0) is 15.3. The Morgan fingerprint density at radius 2 is 0.0870 bits per heavy atom. The summed E-state index contributed by atoms with van der Waals surface area (Å²) in [5, 5.41) is 0. The summed E-state index contributed by atoms with van der Waals surface area (Å²) in [7, 11) is 0. The maximum atomic E-state index is 3.44. The molecule has 0 aromatic rings. The van der Waals surface area contributed by atoms with Gasteiger partial charge < -0.3 is 77.7 Å². The van der Waals surface area contributed by atoms with E-state index in [9.17, 15) is 0 Å². The van der Waals surface area contributed by atoms with Gasteiger partial charge in [0, 0.05) is 3010 Å². The van der Waals surface area contributed by atoms with Gasteiger partial charge in [0.05, 0.1) is 0 Å². The molecule has 0 saturated carbocycles. The molecule has 0 spiro atoms. The Morgan fingerprint density at radius 3 is 0.0870 bits per heavy atom. The molecule has 115 heavy (non-hydrogen) atoms. The first-order valence-electron chi connectivity index (χ1n) is 7.07. The van der Waals surface area contributed by atoms with Crippen LogP contribution in [-0.2, 0) is 3010 Å². The number of hydrogen-bond acceptors (Lipinski definition) is 0. The van der Waals surface area contributed by atoms with Gasteiger partial charge >= 0.3 is 0 Å². The minimum absolute atomic E-state index is 0. The molecule has 0 aliphatic rings. The van der Waals surface area contributed by atoms with Gasteiger partial charge in [0.1, 0.15) is 0 Å². The normalized spacial score (nSPS) is 1.15. The van der Waals surface area contributed by atoms with Crippen LogP contribution >= 0.6 is 0 Å². The van der Waals surface area contributed by atoms with Crippen molar-refractivity contribution in [3.05, 3.63) is 72.3 Å². The summed E-state index contributed by atoms with van der Waals surface area (Å²) in [6.45, 7) is 30.8. The Balaban J connectivity index is -0.000000000128. The molecule has 0 bridgehead atoms. The van der Waals surface area contributed by atoms with Crippen LogP contribution in [0.2, 0.25) is 0 Å². The van der Waals surface area contributed by atoms with Crippen LogP contribution in [0.5, 0.6) is 0 Å². The van der Waals surface area contributed by atoms with E-state index in [0.29, 0.717) is 0 Å². The third kappa shape index (κ3) is 953. The van der Waals surface area contributed by atoms with E-state index in [2.05, 4.69) is 83.1 Å². The predicted molar refractivity (Wildman–Crippen MR) is 126 cm³/mol. The first-order valence-corrected chi connectivity index (χ1v) is 7.07. The first kappa shape index (κ1) is 780. The Kier molecular flexibility index (Phi) is 5410. The van der Waals surface area contributed by atoms with Gasteiger partial charge in [-0.05, 0) is 0 Å². The second kappa shape index (κ2) is 797. The predicted octanol–water partition coefficient (Wildman–Crippen LogP) is 9.45. The fourth-order valence-corrected chi connectivity index (χ4v) is 0. The zero-order valence-electron chi connectivity index (χ0n) is 73.3. The van der Waals surface area contributed by atoms with Crippen LogP contribution in [0.1, 0.15) is 81.1 Å². The molecule has 0 nitrogen and oxygen atoms in total. The average molecular weight is 8510 g/mol. The molecule has 92 heteroatoms. The smallest absolute Gasteiger partial charge is 0 e. The van der Waals surface area contributed by atoms with Gasteiger partial charge in [-0.3, -0.25) is 0 Å². The second-order valence-corrected chi connectivity index (χ2v) is 4.33. The third-order valence-corrected chi connectivity index (χ3v) is 0. The number of rotatable bonds is 0. The number of hydrogen-bond donors (Lipinski definition) is 0. The SMILES string of the molecule is CCC.CCC.CCC.CCC.[CH2-]C([CH2-])([CH2-])[CH2-].[CH3-].[CH3-].[CH3-].[CH3-].[CH3-].[CH3-].[Y].[Y].[Y].[Y].[Y].[Y].[Y].[Y].[Y].[Y].[Y].[Y].[Y].[Y].[Y].[Y].[Y].[Y].[Y].[Y].[Y].[Y].[Y].[Y].[Y].[Y].[Y].[Y].[Y].[Y].[Y].[Y].[Y].[Y].[Y].[Y].[Y].[Y].[Y].[Y].[Y].[Y].[Y].[Y].[Y].[Y].[Y].[Y].[Y].[Y].[Y].[Y].[Y].[Y].[Y].[Y].[Y].[Y].[Y].[Y].[Y].[Y].[Y].[Y].[Y].[Y].[Y].[Y].[Y].[Y].[Y].[Y].[Y].[Y].[Y].[Y].[Y].[Y].[Y].[Y].[Y].[Y].[Y].[Y].[Y].[Y].[Y].[Y].[Y].[Y].[Y].[Y]. The molecule has 0 N–H and O–H groups in total. The van der Waals surface area contributed by atoms with Crippen LogP contribution in [0.15, 0.2) is 0 Å². The molecule has 436 valence electrons. The Morgan fingerprint density at radius 1 is 0.0870 bits per heavy atom. The van der Waals surface area contributed by atoms with E-state index in [1.165, 1.54) is 25.7 Å². The van der Waals surface area contributed by atoms with Crippen molar-refractivity contribution < 1.29 is 3010 Å². The van der Waals surface area contributed by atoms with Crippen molar-refractivity contribution in [2.24, 2.45) is 5.41 Å². The van der Waals surface area contributed by atoms with Crippen molar-refractivity contribution >= 4 is 0 Å². The molecule has 0 saturated heterocycles. The molecular formula is C23H58Y92-10. The Hall–Kier alpha value is 102. The van der Waals surface area contributed by atoms with Crippen LogP contribution in [0.3, 0.4) is 0 Å². The van der Waals surface area contributed by atoms with Gasteiger partial charge in [0.25, 0.3) is 0 Å². The summed E-state index contributed by atoms with van der Waals surface area (Å²) in [5.74, 6) is 0. The van der Waals surface area contributed by atoms with Gasteiger partial charge in [-0.2, -0.15) is 0 Å². The summed E-state index contributed by atoms with van der Waals surface area (Å²) in [6.07, 6.45) is 5.00. The molecule has 0 aliphatic heterocycles. The standard InChI is InChI=1S/C5H8.4C3H8.6CH3.92Y/c1-5(2,3)4;4*1-3-2;;;;;;;;;;;;;;;;;;;;;;;;;;;;;;;;;;;;;;;;;;;;;;;;;;;;;;;;;;;;;;;;;;;;;;;;;;;;;;;;;;;;;;;;;;;;;;;;;;/h1-4H2;4*3H2,1-2H3;6*1H3;;;;;;;;;;;;;;;;;;;;;;;;;;;;;;;;;;;;;;;;;;;;;;;;;;;;;;;;;;;;;;;;;;;;;;;;;;;;;;;;;;;;;;;;;;;;/q-4;;;;;6*-1;;;;;;;;;;;;;;;;;;;;;;;;;;;;;;;;;;;;;;;;;;;;;;;;;;;;;;;;;;;;;;;;;;;;;;;;;;;;;;;;;;;;;;;;;;;;. The summed E-state index contributed by atoms with van der Waals surface area (Å²) < 4.78 is 0. The van der Waals surface area contributed by atoms with Gasteiger partial charge in [0.2, 0.25) is 0 Å². The molecule has 0 rings (SSSR count). The van der Waals surface area contributed by atoms with E-state index < -0.39 is 5.41 Å². The summed E-state index contributed by atoms with van der Waals surface area (Å²) in [5.41, 5.74) is -0.500. The van der Waals surface area contributed by atoms with Crippen molar-refractivity contribution in [3.63, 3.8) is 0 Å². The van der Waals surface area contributed by atoms with E-state index in [0.717, 1.165) is 0 Å². The Bertz CT molecular complexity index is 126. The Labute approximate surface area is 3050 Å². The molecule has 0 fully saturated rings. The molecular weight excluding hydrogens is 8460 g/mol. The van der Waals surface area contributed by atoms with Crippen LogP contribution in [0.4, 0.5) is 0 Å². The summed E-state index contributed by atoms with van der Waals surface area (Å²) in [6, 6.07) is 0. The molecule has 0 aromatic heterocycles. The second-order valence-electron chi connectivity index (χ2n) is 4.33. The third-order valence-electron chi connectivity index (χ3n) is 0. The first-order chi connectivity index (χ1) is 7.66. The quantitative estimate of drug-likeness (QED) is 0.212. The van der Waals surface area contributed by atoms with E-state index >= 15 is 0 Å². The zero-order valence-corrected chi connectivity index (χ0v) is 334. The maximum Gasteiger partial charge on any atom is 0 e. The molecule has 92 radical (unpaired) electrons. The summed E-state index contributed by atoms with van der Waals surface area (Å²) >= 11 is 0. The van der Waals surface area contributed by atoms with E-state index in [1.807, 2.05) is 0 Å². The minimum Gasteiger partial charge on any atom is -0.584 e. The molecule has 0 heterocycles. The minimum atomic E-state index is -0.500. The fraction of sp³-hybridized carbons (Fsp3) is 0.565. The van der Waals surface area contributed by atoms with Gasteiger partial charge in [-0.1, -0.05) is 81.1 Å². The van der Waals surface area contributed by atoms with Gasteiger partial charge in [-0.15, -0.1) is 0 Å². The maximum absolute atomic E-state index is 3.44. The van der Waals surface area contributed by atoms with E-state index in [1.54, 1.807) is 0 Å². The van der Waals surface area contributed by atoms with E-state index in [4.69, 9.17) is 0 Å². The van der Waals surface area contributed by atoms with Crippen molar-refractivity contribution in [2.45, 2.75) is 81.1 Å². The van der Waals surface area contributed by atoms with Gasteiger partial charge in [0.15, 0.2) is 0 Å². The van der Waals surface area contributed by atoms with Crippen molar-refractivity contribution in [1.29, 1.82) is 0 Å². The fourth-order valence-electron chi connectivity index (χ4n) is 0. The molecule has 0 aliphatic carbocycles. The monoisotopic (exact) mass is 8510 g/mol. The molecule has 0 atom stereocenters. The molecule has 0 unspecified atom stereocenters. The van der Waals surface area contributed by atoms with Crippen molar-refractivity contribution in [3.8, 4) is 0 Å². The van der Waals surface area contributed by atoms with E-state index in [-0.39, 0.29) is 3050 Å². The summed E-state index contributed by atoms with van der Waals surface area (Å²) in [4.78, 5) is 0. The van der Waals surface area contributed by atoms with Crippen LogP contribution in [0, 0.1) is 77.7 Å². The van der Waals surface area contributed by atoms with Gasteiger partial charge in [-0.25, -0.2) is 0 Å².